The lowest BCUT2D eigenvalue weighted by molar-refractivity contribution is -0.140. The zero-order valence-corrected chi connectivity index (χ0v) is 8.18. The van der Waals surface area contributed by atoms with Crippen LogP contribution in [0.15, 0.2) is 24.8 Å². The average Bonchev–Trinajstić information content (AvgIpc) is 2.63. The van der Waals surface area contributed by atoms with Crippen molar-refractivity contribution in [3.63, 3.8) is 0 Å². The SMILES string of the molecule is C=CCOC(=O)N[C@@H]1C=C[C@@H](C(=O)O)C1. The number of aliphatic carboxylic acids is 1. The molecule has 0 fully saturated rings. The minimum absolute atomic E-state index is 0.143. The zero-order valence-electron chi connectivity index (χ0n) is 8.18. The molecule has 0 saturated heterocycles. The molecule has 0 unspecified atom stereocenters. The summed E-state index contributed by atoms with van der Waals surface area (Å²) in [4.78, 5) is 21.7. The molecule has 0 aromatic heterocycles. The summed E-state index contributed by atoms with van der Waals surface area (Å²) in [6, 6.07) is -0.261. The van der Waals surface area contributed by atoms with Crippen molar-refractivity contribution in [1.29, 1.82) is 0 Å². The summed E-state index contributed by atoms with van der Waals surface area (Å²) in [5.41, 5.74) is 0. The Kier molecular flexibility index (Phi) is 3.91. The molecule has 0 saturated carbocycles. The lowest BCUT2D eigenvalue weighted by atomic mass is 10.1. The number of amides is 1. The summed E-state index contributed by atoms with van der Waals surface area (Å²) in [7, 11) is 0. The van der Waals surface area contributed by atoms with E-state index in [2.05, 4.69) is 11.9 Å². The van der Waals surface area contributed by atoms with Gasteiger partial charge in [0.2, 0.25) is 0 Å². The van der Waals surface area contributed by atoms with Gasteiger partial charge in [-0.25, -0.2) is 4.79 Å². The highest BCUT2D eigenvalue weighted by Crippen LogP contribution is 2.17. The maximum atomic E-state index is 11.1. The first-order valence-electron chi connectivity index (χ1n) is 4.58. The molecule has 2 atom stereocenters. The second-order valence-corrected chi connectivity index (χ2v) is 3.20. The highest BCUT2D eigenvalue weighted by atomic mass is 16.5. The zero-order chi connectivity index (χ0) is 11.3. The van der Waals surface area contributed by atoms with Gasteiger partial charge in [0.1, 0.15) is 6.61 Å². The van der Waals surface area contributed by atoms with Crippen LogP contribution in [-0.2, 0) is 9.53 Å². The molecule has 1 rings (SSSR count). The van der Waals surface area contributed by atoms with E-state index >= 15 is 0 Å². The van der Waals surface area contributed by atoms with E-state index in [0.717, 1.165) is 0 Å². The molecule has 0 aromatic carbocycles. The smallest absolute Gasteiger partial charge is 0.407 e. The molecule has 0 spiro atoms. The second kappa shape index (κ2) is 5.19. The molecule has 1 amide bonds. The summed E-state index contributed by atoms with van der Waals surface area (Å²) in [5.74, 6) is -1.40. The fraction of sp³-hybridized carbons (Fsp3) is 0.400. The molecule has 15 heavy (non-hydrogen) atoms. The Morgan fingerprint density at radius 1 is 1.60 bits per heavy atom. The summed E-state index contributed by atoms with van der Waals surface area (Å²) in [6.07, 6.45) is 4.51. The second-order valence-electron chi connectivity index (χ2n) is 3.20. The summed E-state index contributed by atoms with van der Waals surface area (Å²) in [6.45, 7) is 3.55. The summed E-state index contributed by atoms with van der Waals surface area (Å²) < 4.78 is 4.70. The fourth-order valence-corrected chi connectivity index (χ4v) is 1.32. The van der Waals surface area contributed by atoms with Gasteiger partial charge >= 0.3 is 12.1 Å². The largest absolute Gasteiger partial charge is 0.481 e. The fourth-order valence-electron chi connectivity index (χ4n) is 1.32. The monoisotopic (exact) mass is 211 g/mol. The number of alkyl carbamates (subject to hydrolysis) is 1. The lowest BCUT2D eigenvalue weighted by Gasteiger charge is -2.11. The molecule has 1 aliphatic rings. The van der Waals surface area contributed by atoms with Gasteiger partial charge in [-0.2, -0.15) is 0 Å². The molecule has 5 heteroatoms. The number of carboxylic acid groups (broad SMARTS) is 1. The Hall–Kier alpha value is -1.78. The number of carboxylic acids is 1. The van der Waals surface area contributed by atoms with E-state index in [9.17, 15) is 9.59 Å². The van der Waals surface area contributed by atoms with E-state index in [4.69, 9.17) is 9.84 Å². The Bertz CT molecular complexity index is 298. The van der Waals surface area contributed by atoms with Crippen LogP contribution in [0.2, 0.25) is 0 Å². The van der Waals surface area contributed by atoms with Gasteiger partial charge in [-0.05, 0) is 6.42 Å². The normalized spacial score (nSPS) is 23.5. The van der Waals surface area contributed by atoms with Gasteiger partial charge in [-0.1, -0.05) is 24.8 Å². The molecular weight excluding hydrogens is 198 g/mol. The topological polar surface area (TPSA) is 75.6 Å². The molecule has 2 N–H and O–H groups in total. The maximum Gasteiger partial charge on any atom is 0.407 e. The van der Waals surface area contributed by atoms with Crippen molar-refractivity contribution in [3.8, 4) is 0 Å². The Morgan fingerprint density at radius 2 is 2.33 bits per heavy atom. The van der Waals surface area contributed by atoms with Crippen molar-refractivity contribution >= 4 is 12.1 Å². The number of hydrogen-bond donors (Lipinski definition) is 2. The third kappa shape index (κ3) is 3.46. The van der Waals surface area contributed by atoms with Gasteiger partial charge in [0.25, 0.3) is 0 Å². The molecule has 0 heterocycles. The van der Waals surface area contributed by atoms with Crippen molar-refractivity contribution in [2.24, 2.45) is 5.92 Å². The van der Waals surface area contributed by atoms with Crippen LogP contribution < -0.4 is 5.32 Å². The number of carbonyl (C=O) groups excluding carboxylic acids is 1. The molecule has 5 nitrogen and oxygen atoms in total. The van der Waals surface area contributed by atoms with Crippen molar-refractivity contribution in [1.82, 2.24) is 5.32 Å². The molecule has 1 aliphatic carbocycles. The Labute approximate surface area is 87.4 Å². The van der Waals surface area contributed by atoms with Crippen LogP contribution in [0.25, 0.3) is 0 Å². The molecule has 82 valence electrons. The van der Waals surface area contributed by atoms with Crippen molar-refractivity contribution in [3.05, 3.63) is 24.8 Å². The lowest BCUT2D eigenvalue weighted by Crippen LogP contribution is -2.33. The van der Waals surface area contributed by atoms with E-state index < -0.39 is 18.0 Å². The van der Waals surface area contributed by atoms with Crippen LogP contribution in [0.3, 0.4) is 0 Å². The van der Waals surface area contributed by atoms with Gasteiger partial charge in [-0.15, -0.1) is 0 Å². The predicted molar refractivity (Wildman–Crippen MR) is 53.4 cm³/mol. The summed E-state index contributed by atoms with van der Waals surface area (Å²) in [5, 5.41) is 11.2. The molecule has 0 radical (unpaired) electrons. The van der Waals surface area contributed by atoms with Crippen LogP contribution in [-0.4, -0.2) is 29.8 Å². The van der Waals surface area contributed by atoms with Crippen LogP contribution in [0.4, 0.5) is 4.79 Å². The van der Waals surface area contributed by atoms with Crippen LogP contribution >= 0.6 is 0 Å². The highest BCUT2D eigenvalue weighted by molar-refractivity contribution is 5.74. The first-order chi connectivity index (χ1) is 7.13. The first-order valence-corrected chi connectivity index (χ1v) is 4.58. The summed E-state index contributed by atoms with van der Waals surface area (Å²) >= 11 is 0. The number of rotatable bonds is 4. The van der Waals surface area contributed by atoms with Crippen LogP contribution in [0.5, 0.6) is 0 Å². The standard InChI is InChI=1S/C10H13NO4/c1-2-5-15-10(14)11-8-4-3-7(6-8)9(12)13/h2-4,7-8H,1,5-6H2,(H,11,14)(H,12,13)/t7-,8-/m1/s1. The van der Waals surface area contributed by atoms with Gasteiger partial charge in [-0.3, -0.25) is 4.79 Å². The first kappa shape index (κ1) is 11.3. The van der Waals surface area contributed by atoms with Gasteiger partial charge < -0.3 is 15.2 Å². The average molecular weight is 211 g/mol. The Morgan fingerprint density at radius 3 is 2.87 bits per heavy atom. The van der Waals surface area contributed by atoms with E-state index in [-0.39, 0.29) is 12.6 Å². The number of nitrogens with one attached hydrogen (secondary N) is 1. The van der Waals surface area contributed by atoms with Crippen molar-refractivity contribution < 1.29 is 19.4 Å². The third-order valence-corrected chi connectivity index (χ3v) is 2.04. The van der Waals surface area contributed by atoms with E-state index in [1.807, 2.05) is 0 Å². The molecular formula is C10H13NO4. The molecule has 0 bridgehead atoms. The number of hydrogen-bond acceptors (Lipinski definition) is 3. The van der Waals surface area contributed by atoms with Crippen molar-refractivity contribution in [2.75, 3.05) is 6.61 Å². The quantitative estimate of drug-likeness (QED) is 0.678. The molecule has 0 aromatic rings. The van der Waals surface area contributed by atoms with E-state index in [1.54, 1.807) is 12.2 Å². The van der Waals surface area contributed by atoms with Crippen LogP contribution in [0.1, 0.15) is 6.42 Å². The minimum atomic E-state index is -0.880. The predicted octanol–water partition coefficient (Wildman–Crippen LogP) is 0.928. The molecule has 0 aliphatic heterocycles. The minimum Gasteiger partial charge on any atom is -0.481 e. The highest BCUT2D eigenvalue weighted by Gasteiger charge is 2.25. The Balaban J connectivity index is 2.30. The van der Waals surface area contributed by atoms with E-state index in [1.165, 1.54) is 6.08 Å². The number of ether oxygens (including phenoxy) is 1. The van der Waals surface area contributed by atoms with E-state index in [0.29, 0.717) is 6.42 Å². The number of carbonyl (C=O) groups is 2. The van der Waals surface area contributed by atoms with Gasteiger partial charge in [0.15, 0.2) is 0 Å². The third-order valence-electron chi connectivity index (χ3n) is 2.04. The van der Waals surface area contributed by atoms with Gasteiger partial charge in [0.05, 0.1) is 12.0 Å². The van der Waals surface area contributed by atoms with Crippen LogP contribution in [0, 0.1) is 5.92 Å². The van der Waals surface area contributed by atoms with Gasteiger partial charge in [0, 0.05) is 0 Å². The maximum absolute atomic E-state index is 11.1. The van der Waals surface area contributed by atoms with Crippen molar-refractivity contribution in [2.45, 2.75) is 12.5 Å².